The molecule has 0 radical (unpaired) electrons. The topological polar surface area (TPSA) is 66.9 Å². The van der Waals surface area contributed by atoms with Crippen LogP contribution in [0.25, 0.3) is 0 Å². The van der Waals surface area contributed by atoms with Gasteiger partial charge in [0.1, 0.15) is 0 Å². The lowest BCUT2D eigenvalue weighted by Gasteiger charge is -2.22. The molecule has 1 aliphatic rings. The predicted octanol–water partition coefficient (Wildman–Crippen LogP) is 0.235. The predicted molar refractivity (Wildman–Crippen MR) is 66.3 cm³/mol. The summed E-state index contributed by atoms with van der Waals surface area (Å²) in [7, 11) is 0. The van der Waals surface area contributed by atoms with Gasteiger partial charge in [0.05, 0.1) is 0 Å². The monoisotopic (exact) mass is 237 g/mol. The molecule has 17 heavy (non-hydrogen) atoms. The van der Waals surface area contributed by atoms with E-state index >= 15 is 0 Å². The molecule has 0 saturated carbocycles. The van der Waals surface area contributed by atoms with Gasteiger partial charge in [0.15, 0.2) is 0 Å². The van der Waals surface area contributed by atoms with E-state index in [0.29, 0.717) is 18.0 Å². The summed E-state index contributed by atoms with van der Waals surface area (Å²) in [4.78, 5) is 25.1. The minimum atomic E-state index is -0.297. The number of aryl methyl sites for hydroxylation is 2. The molecule has 0 unspecified atom stereocenters. The van der Waals surface area contributed by atoms with Crippen LogP contribution in [-0.4, -0.2) is 22.6 Å². The molecule has 0 aliphatic carbocycles. The molecule has 1 fully saturated rings. The van der Waals surface area contributed by atoms with Gasteiger partial charge >= 0.3 is 5.69 Å². The molecule has 0 aromatic carbocycles. The van der Waals surface area contributed by atoms with Crippen LogP contribution in [0.2, 0.25) is 0 Å². The highest BCUT2D eigenvalue weighted by molar-refractivity contribution is 5.00. The van der Waals surface area contributed by atoms with Crippen molar-refractivity contribution in [1.29, 1.82) is 0 Å². The molecule has 0 amide bonds. The van der Waals surface area contributed by atoms with Gasteiger partial charge in [-0.3, -0.25) is 9.78 Å². The van der Waals surface area contributed by atoms with Crippen LogP contribution in [0, 0.1) is 12.8 Å². The maximum Gasteiger partial charge on any atom is 0.328 e. The summed E-state index contributed by atoms with van der Waals surface area (Å²) in [5, 5.41) is 3.32. The second-order valence-corrected chi connectivity index (χ2v) is 4.75. The van der Waals surface area contributed by atoms with Crippen LogP contribution in [0.5, 0.6) is 0 Å². The van der Waals surface area contributed by atoms with Gasteiger partial charge in [-0.05, 0) is 45.2 Å². The van der Waals surface area contributed by atoms with Crippen molar-refractivity contribution in [1.82, 2.24) is 14.9 Å². The van der Waals surface area contributed by atoms with Crippen molar-refractivity contribution in [2.75, 3.05) is 13.1 Å². The molecule has 1 aromatic heterocycles. The van der Waals surface area contributed by atoms with Crippen LogP contribution in [0.1, 0.15) is 24.8 Å². The second-order valence-electron chi connectivity index (χ2n) is 4.75. The van der Waals surface area contributed by atoms with E-state index in [-0.39, 0.29) is 11.2 Å². The summed E-state index contributed by atoms with van der Waals surface area (Å²) >= 11 is 0. The number of hydrogen-bond acceptors (Lipinski definition) is 3. The number of aromatic nitrogens is 2. The molecule has 1 saturated heterocycles. The first-order valence-corrected chi connectivity index (χ1v) is 6.18. The molecule has 2 N–H and O–H groups in total. The van der Waals surface area contributed by atoms with Gasteiger partial charge in [0, 0.05) is 18.3 Å². The third kappa shape index (κ3) is 3.06. The van der Waals surface area contributed by atoms with E-state index in [9.17, 15) is 9.59 Å². The highest BCUT2D eigenvalue weighted by Crippen LogP contribution is 2.16. The number of aromatic amines is 1. The number of hydrogen-bond donors (Lipinski definition) is 2. The van der Waals surface area contributed by atoms with E-state index in [1.54, 1.807) is 17.7 Å². The Balaban J connectivity index is 2.01. The molecule has 1 aliphatic heterocycles. The van der Waals surface area contributed by atoms with Gasteiger partial charge in [-0.2, -0.15) is 0 Å². The Hall–Kier alpha value is -1.36. The maximum atomic E-state index is 11.6. The first-order valence-electron chi connectivity index (χ1n) is 6.18. The zero-order valence-corrected chi connectivity index (χ0v) is 10.2. The van der Waals surface area contributed by atoms with Crippen molar-refractivity contribution >= 4 is 0 Å². The van der Waals surface area contributed by atoms with Crippen molar-refractivity contribution in [3.8, 4) is 0 Å². The van der Waals surface area contributed by atoms with Crippen molar-refractivity contribution in [3.63, 3.8) is 0 Å². The van der Waals surface area contributed by atoms with Crippen molar-refractivity contribution < 1.29 is 0 Å². The lowest BCUT2D eigenvalue weighted by atomic mass is 9.95. The molecule has 0 spiro atoms. The minimum absolute atomic E-state index is 0.284. The first kappa shape index (κ1) is 12.1. The van der Waals surface area contributed by atoms with Gasteiger partial charge in [-0.15, -0.1) is 0 Å². The van der Waals surface area contributed by atoms with Crippen molar-refractivity contribution in [2.45, 2.75) is 32.7 Å². The molecule has 94 valence electrons. The fourth-order valence-corrected chi connectivity index (χ4v) is 2.28. The number of nitrogens with one attached hydrogen (secondary N) is 2. The molecule has 0 bridgehead atoms. The number of rotatable bonds is 3. The Bertz CT molecular complexity index is 483. The van der Waals surface area contributed by atoms with Gasteiger partial charge in [-0.25, -0.2) is 4.79 Å². The van der Waals surface area contributed by atoms with E-state index in [1.807, 2.05) is 0 Å². The van der Waals surface area contributed by atoms with E-state index in [0.717, 1.165) is 19.5 Å². The van der Waals surface area contributed by atoms with Crippen molar-refractivity contribution in [2.24, 2.45) is 5.92 Å². The van der Waals surface area contributed by atoms with Crippen LogP contribution in [0.4, 0.5) is 0 Å². The summed E-state index contributed by atoms with van der Waals surface area (Å²) in [6.45, 7) is 4.56. The summed E-state index contributed by atoms with van der Waals surface area (Å²) in [6.07, 6.45) is 5.02. The van der Waals surface area contributed by atoms with Crippen LogP contribution < -0.4 is 16.6 Å². The Labute approximate surface area is 99.9 Å². The van der Waals surface area contributed by atoms with E-state index < -0.39 is 0 Å². The summed E-state index contributed by atoms with van der Waals surface area (Å²) in [6, 6.07) is 0. The van der Waals surface area contributed by atoms with Gasteiger partial charge in [-0.1, -0.05) is 0 Å². The SMILES string of the molecule is Cc1cn(CCC2CCNCC2)c(=O)[nH]c1=O. The lowest BCUT2D eigenvalue weighted by Crippen LogP contribution is -2.32. The smallest absolute Gasteiger partial charge is 0.317 e. The number of piperidine rings is 1. The second kappa shape index (κ2) is 5.31. The highest BCUT2D eigenvalue weighted by atomic mass is 16.2. The molecule has 2 rings (SSSR count). The maximum absolute atomic E-state index is 11.6. The molecule has 5 heteroatoms. The molecule has 2 heterocycles. The molecular weight excluding hydrogens is 218 g/mol. The Morgan fingerprint density at radius 3 is 2.76 bits per heavy atom. The lowest BCUT2D eigenvalue weighted by molar-refractivity contribution is 0.335. The zero-order valence-electron chi connectivity index (χ0n) is 10.2. The Kier molecular flexibility index (Phi) is 3.78. The summed E-state index contributed by atoms with van der Waals surface area (Å²) < 4.78 is 1.61. The summed E-state index contributed by atoms with van der Waals surface area (Å²) in [5.41, 5.74) is 0.0116. The third-order valence-electron chi connectivity index (χ3n) is 3.43. The number of nitrogens with zero attached hydrogens (tertiary/aromatic N) is 1. The molecular formula is C12H19N3O2. The van der Waals surface area contributed by atoms with E-state index in [2.05, 4.69) is 10.3 Å². The summed E-state index contributed by atoms with van der Waals surface area (Å²) in [5.74, 6) is 0.690. The fraction of sp³-hybridized carbons (Fsp3) is 0.667. The molecule has 1 aromatic rings. The van der Waals surface area contributed by atoms with Gasteiger partial charge in [0.25, 0.3) is 5.56 Å². The minimum Gasteiger partial charge on any atom is -0.317 e. The Morgan fingerprint density at radius 1 is 1.35 bits per heavy atom. The highest BCUT2D eigenvalue weighted by Gasteiger charge is 2.13. The standard InChI is InChI=1S/C12H19N3O2/c1-9-8-15(12(17)14-11(9)16)7-4-10-2-5-13-6-3-10/h8,10,13H,2-7H2,1H3,(H,14,16,17). The van der Waals surface area contributed by atoms with Gasteiger partial charge in [0.2, 0.25) is 0 Å². The number of H-pyrrole nitrogens is 1. The zero-order chi connectivity index (χ0) is 12.3. The van der Waals surface area contributed by atoms with Crippen LogP contribution in [0.15, 0.2) is 15.8 Å². The average molecular weight is 237 g/mol. The van der Waals surface area contributed by atoms with Crippen LogP contribution in [0.3, 0.4) is 0 Å². The Morgan fingerprint density at radius 2 is 2.06 bits per heavy atom. The fourth-order valence-electron chi connectivity index (χ4n) is 2.28. The van der Waals surface area contributed by atoms with E-state index in [4.69, 9.17) is 0 Å². The van der Waals surface area contributed by atoms with Gasteiger partial charge < -0.3 is 9.88 Å². The first-order chi connectivity index (χ1) is 8.16. The molecule has 5 nitrogen and oxygen atoms in total. The largest absolute Gasteiger partial charge is 0.328 e. The van der Waals surface area contributed by atoms with Crippen LogP contribution >= 0.6 is 0 Å². The third-order valence-corrected chi connectivity index (χ3v) is 3.43. The normalized spacial score (nSPS) is 17.2. The van der Waals surface area contributed by atoms with Crippen molar-refractivity contribution in [3.05, 3.63) is 32.6 Å². The quantitative estimate of drug-likeness (QED) is 0.791. The molecule has 0 atom stereocenters. The average Bonchev–Trinajstić information content (AvgIpc) is 2.33. The van der Waals surface area contributed by atoms with Crippen LogP contribution in [-0.2, 0) is 6.54 Å². The van der Waals surface area contributed by atoms with E-state index in [1.165, 1.54) is 12.8 Å².